The molecule has 7 heteroatoms. The summed E-state index contributed by atoms with van der Waals surface area (Å²) in [5, 5.41) is 8.63. The van der Waals surface area contributed by atoms with Gasteiger partial charge in [0.15, 0.2) is 0 Å². The molecule has 4 aromatic rings. The molecule has 0 bridgehead atoms. The van der Waals surface area contributed by atoms with Gasteiger partial charge in [0.2, 0.25) is 5.91 Å². The molecule has 0 fully saturated rings. The first kappa shape index (κ1) is 23.3. The van der Waals surface area contributed by atoms with Crippen LogP contribution in [-0.4, -0.2) is 27.4 Å². The Morgan fingerprint density at radius 3 is 2.32 bits per heavy atom. The Hall–Kier alpha value is -3.87. The van der Waals surface area contributed by atoms with Crippen LogP contribution in [0.4, 0.5) is 5.69 Å². The minimum absolute atomic E-state index is 0.0713. The van der Waals surface area contributed by atoms with Crippen LogP contribution in [-0.2, 0) is 17.8 Å². The van der Waals surface area contributed by atoms with Crippen molar-refractivity contribution >= 4 is 22.6 Å². The first-order chi connectivity index (χ1) is 16.3. The zero-order valence-corrected chi connectivity index (χ0v) is 20.3. The zero-order valence-electron chi connectivity index (χ0n) is 20.3. The summed E-state index contributed by atoms with van der Waals surface area (Å²) < 4.78 is 8.76. The van der Waals surface area contributed by atoms with Gasteiger partial charge in [-0.2, -0.15) is 5.10 Å². The fourth-order valence-electron chi connectivity index (χ4n) is 4.36. The van der Waals surface area contributed by atoms with Crippen molar-refractivity contribution < 1.29 is 9.53 Å². The number of hydrogen-bond donors (Lipinski definition) is 1. The van der Waals surface area contributed by atoms with E-state index in [2.05, 4.69) is 5.32 Å². The molecule has 2 heterocycles. The summed E-state index contributed by atoms with van der Waals surface area (Å²) in [6.45, 7) is 8.43. The number of methoxy groups -OCH3 is 1. The molecule has 0 aliphatic heterocycles. The van der Waals surface area contributed by atoms with Crippen molar-refractivity contribution in [2.75, 3.05) is 12.4 Å². The number of carbonyl (C=O) groups is 1. The fourth-order valence-corrected chi connectivity index (χ4v) is 4.36. The van der Waals surface area contributed by atoms with Gasteiger partial charge in [0.1, 0.15) is 11.4 Å². The van der Waals surface area contributed by atoms with E-state index >= 15 is 0 Å². The number of carbonyl (C=O) groups excluding carboxylic acids is 1. The smallest absolute Gasteiger partial charge is 0.255 e. The first-order valence-corrected chi connectivity index (χ1v) is 11.5. The van der Waals surface area contributed by atoms with Gasteiger partial charge in [-0.15, -0.1) is 0 Å². The number of ether oxygens (including phenoxy) is 1. The minimum atomic E-state index is -0.140. The van der Waals surface area contributed by atoms with Gasteiger partial charge in [0.25, 0.3) is 5.56 Å². The Bertz CT molecular complexity index is 1400. The second-order valence-electron chi connectivity index (χ2n) is 8.46. The van der Waals surface area contributed by atoms with Crippen molar-refractivity contribution in [3.05, 3.63) is 81.3 Å². The standard InChI is InChI=1S/C27H30N4O3/c1-6-30-26-25(19(4)29-31(26)21-11-7-17(2)8-12-21)18(3)23(27(30)33)15-16-24(32)28-20-9-13-22(34-5)14-10-20/h7-14H,6,15-16H2,1-5H3,(H,28,32). The topological polar surface area (TPSA) is 78.2 Å². The third-order valence-electron chi connectivity index (χ3n) is 6.19. The number of anilines is 1. The molecular weight excluding hydrogens is 428 g/mol. The van der Waals surface area contributed by atoms with Gasteiger partial charge in [-0.1, -0.05) is 17.7 Å². The average molecular weight is 459 g/mol. The molecule has 1 N–H and O–H groups in total. The van der Waals surface area contributed by atoms with Crippen molar-refractivity contribution in [3.63, 3.8) is 0 Å². The van der Waals surface area contributed by atoms with Crippen LogP contribution in [0.2, 0.25) is 0 Å². The largest absolute Gasteiger partial charge is 0.497 e. The van der Waals surface area contributed by atoms with E-state index in [0.717, 1.165) is 39.3 Å². The predicted molar refractivity (Wildman–Crippen MR) is 135 cm³/mol. The molecule has 0 aliphatic carbocycles. The second-order valence-corrected chi connectivity index (χ2v) is 8.46. The zero-order chi connectivity index (χ0) is 24.4. The summed E-state index contributed by atoms with van der Waals surface area (Å²) in [4.78, 5) is 26.1. The van der Waals surface area contributed by atoms with Crippen molar-refractivity contribution in [1.29, 1.82) is 0 Å². The van der Waals surface area contributed by atoms with E-state index in [4.69, 9.17) is 9.84 Å². The fraction of sp³-hybridized carbons (Fsp3) is 0.296. The van der Waals surface area contributed by atoms with E-state index in [1.165, 1.54) is 0 Å². The molecule has 176 valence electrons. The molecule has 34 heavy (non-hydrogen) atoms. The maximum Gasteiger partial charge on any atom is 0.255 e. The van der Waals surface area contributed by atoms with Gasteiger partial charge in [0, 0.05) is 29.6 Å². The van der Waals surface area contributed by atoms with Gasteiger partial charge in [0.05, 0.1) is 18.5 Å². The molecule has 2 aromatic heterocycles. The van der Waals surface area contributed by atoms with E-state index in [1.807, 2.05) is 56.6 Å². The lowest BCUT2D eigenvalue weighted by Crippen LogP contribution is -2.27. The van der Waals surface area contributed by atoms with E-state index in [-0.39, 0.29) is 17.9 Å². The Balaban J connectivity index is 1.67. The van der Waals surface area contributed by atoms with Crippen LogP contribution in [0, 0.1) is 20.8 Å². The monoisotopic (exact) mass is 458 g/mol. The summed E-state index contributed by atoms with van der Waals surface area (Å²) in [6, 6.07) is 15.3. The molecule has 0 aliphatic rings. The van der Waals surface area contributed by atoms with Crippen molar-refractivity contribution in [1.82, 2.24) is 14.3 Å². The first-order valence-electron chi connectivity index (χ1n) is 11.5. The number of amides is 1. The number of aromatic nitrogens is 3. The highest BCUT2D eigenvalue weighted by atomic mass is 16.5. The molecule has 0 unspecified atom stereocenters. The Morgan fingerprint density at radius 1 is 1.03 bits per heavy atom. The molecule has 1 amide bonds. The van der Waals surface area contributed by atoms with E-state index in [1.54, 1.807) is 35.9 Å². The molecule has 0 radical (unpaired) electrons. The average Bonchev–Trinajstić information content (AvgIpc) is 3.17. The van der Waals surface area contributed by atoms with Crippen molar-refractivity contribution in [2.45, 2.75) is 47.1 Å². The molecule has 4 rings (SSSR count). The van der Waals surface area contributed by atoms with E-state index in [0.29, 0.717) is 24.2 Å². The number of nitrogens with zero attached hydrogens (tertiary/aromatic N) is 3. The summed E-state index contributed by atoms with van der Waals surface area (Å²) >= 11 is 0. The molecule has 2 aromatic carbocycles. The van der Waals surface area contributed by atoms with Gasteiger partial charge in [-0.3, -0.25) is 14.2 Å². The van der Waals surface area contributed by atoms with Crippen LogP contribution in [0.1, 0.15) is 35.7 Å². The van der Waals surface area contributed by atoms with Gasteiger partial charge in [-0.25, -0.2) is 4.68 Å². The molecule has 0 atom stereocenters. The number of hydrogen-bond acceptors (Lipinski definition) is 4. The van der Waals surface area contributed by atoms with Gasteiger partial charge < -0.3 is 10.1 Å². The van der Waals surface area contributed by atoms with Crippen LogP contribution in [0.25, 0.3) is 16.7 Å². The van der Waals surface area contributed by atoms with Gasteiger partial charge in [-0.05, 0) is 76.1 Å². The quantitative estimate of drug-likeness (QED) is 0.435. The number of aryl methyl sites for hydroxylation is 4. The molecule has 7 nitrogen and oxygen atoms in total. The summed E-state index contributed by atoms with van der Waals surface area (Å²) in [7, 11) is 1.60. The van der Waals surface area contributed by atoms with Crippen LogP contribution >= 0.6 is 0 Å². The van der Waals surface area contributed by atoms with Crippen LogP contribution in [0.15, 0.2) is 53.3 Å². The highest BCUT2D eigenvalue weighted by Gasteiger charge is 2.21. The maximum absolute atomic E-state index is 13.5. The second kappa shape index (κ2) is 9.55. The van der Waals surface area contributed by atoms with E-state index < -0.39 is 0 Å². The highest BCUT2D eigenvalue weighted by molar-refractivity contribution is 5.91. The van der Waals surface area contributed by atoms with Gasteiger partial charge >= 0.3 is 0 Å². The molecular formula is C27H30N4O3. The van der Waals surface area contributed by atoms with Crippen LogP contribution < -0.4 is 15.6 Å². The number of rotatable bonds is 7. The van der Waals surface area contributed by atoms with Crippen molar-refractivity contribution in [2.24, 2.45) is 0 Å². The minimum Gasteiger partial charge on any atom is -0.497 e. The predicted octanol–water partition coefficient (Wildman–Crippen LogP) is 4.71. The summed E-state index contributed by atoms with van der Waals surface area (Å²) in [5.74, 6) is 0.586. The van der Waals surface area contributed by atoms with Crippen molar-refractivity contribution in [3.8, 4) is 11.4 Å². The molecule has 0 saturated carbocycles. The number of benzene rings is 2. The normalized spacial score (nSPS) is 11.1. The SMILES string of the molecule is CCn1c(=O)c(CCC(=O)Nc2ccc(OC)cc2)c(C)c2c(C)nn(-c3ccc(C)cc3)c21. The van der Waals surface area contributed by atoms with Crippen LogP contribution in [0.5, 0.6) is 5.75 Å². The van der Waals surface area contributed by atoms with Crippen LogP contribution in [0.3, 0.4) is 0 Å². The highest BCUT2D eigenvalue weighted by Crippen LogP contribution is 2.26. The third kappa shape index (κ3) is 4.33. The lowest BCUT2D eigenvalue weighted by Gasteiger charge is -2.14. The Labute approximate surface area is 199 Å². The molecule has 0 spiro atoms. The summed E-state index contributed by atoms with van der Waals surface area (Å²) in [5.41, 5.74) is 5.89. The lowest BCUT2D eigenvalue weighted by molar-refractivity contribution is -0.116. The Kier molecular flexibility index (Phi) is 6.54. The number of pyridine rings is 1. The number of nitrogens with one attached hydrogen (secondary N) is 1. The molecule has 0 saturated heterocycles. The van der Waals surface area contributed by atoms with E-state index in [9.17, 15) is 9.59 Å². The maximum atomic E-state index is 13.5. The summed E-state index contributed by atoms with van der Waals surface area (Å²) in [6.07, 6.45) is 0.570. The third-order valence-corrected chi connectivity index (χ3v) is 6.19. The number of fused-ring (bicyclic) bond motifs is 1. The Morgan fingerprint density at radius 2 is 1.71 bits per heavy atom. The lowest BCUT2D eigenvalue weighted by atomic mass is 10.0.